The summed E-state index contributed by atoms with van der Waals surface area (Å²) in [7, 11) is 0. The Kier molecular flexibility index (Phi) is 4.78. The maximum Gasteiger partial charge on any atom is 0.0651 e. The number of para-hydroxylation sites is 3. The summed E-state index contributed by atoms with van der Waals surface area (Å²) in [5.74, 6) is 0.209. The predicted octanol–water partition coefficient (Wildman–Crippen LogP) is 13.9. The molecule has 2 atom stereocenters. The molecule has 0 bridgehead atoms. The number of hydrogen-bond donors (Lipinski definition) is 0. The Bertz CT molecular complexity index is 3880. The minimum atomic E-state index is -0.715. The van der Waals surface area contributed by atoms with Crippen molar-refractivity contribution < 1.29 is 17.8 Å². The van der Waals surface area contributed by atoms with Gasteiger partial charge in [0.2, 0.25) is 0 Å². The van der Waals surface area contributed by atoms with Crippen LogP contribution in [0.1, 0.15) is 29.3 Å². The number of hydrogen-bond acceptors (Lipinski definition) is 1. The summed E-state index contributed by atoms with van der Waals surface area (Å²) in [6.45, 7) is 0. The topological polar surface area (TPSA) is 13.1 Å². The van der Waals surface area contributed by atoms with Crippen molar-refractivity contribution in [3.63, 3.8) is 0 Å². The molecular formula is C54H37N3. The van der Waals surface area contributed by atoms with Gasteiger partial charge in [0.05, 0.1) is 51.6 Å². The highest BCUT2D eigenvalue weighted by molar-refractivity contribution is 6.17. The van der Waals surface area contributed by atoms with Gasteiger partial charge in [0.25, 0.3) is 0 Å². The molecule has 2 aliphatic rings. The lowest BCUT2D eigenvalue weighted by Crippen LogP contribution is -2.28. The van der Waals surface area contributed by atoms with E-state index in [9.17, 15) is 4.11 Å². The van der Waals surface area contributed by atoms with Crippen molar-refractivity contribution in [3.05, 3.63) is 218 Å². The minimum absolute atomic E-state index is 0.100. The Morgan fingerprint density at radius 2 is 1.05 bits per heavy atom. The van der Waals surface area contributed by atoms with E-state index >= 15 is 0 Å². The van der Waals surface area contributed by atoms with Crippen LogP contribution in [0.2, 0.25) is 0 Å². The zero-order valence-corrected chi connectivity index (χ0v) is 30.2. The van der Waals surface area contributed by atoms with Gasteiger partial charge in [-0.15, -0.1) is 0 Å². The summed E-state index contributed by atoms with van der Waals surface area (Å²) in [6.07, 6.45) is 8.71. The standard InChI is InChI=1S/C54H37N3/c1-3-16-36(17-4-1)38-32-39(37-18-5-2-6-19-37)34-41(33-38)56-50-27-14-10-23-45(50)54-52(56)28-15-29-53(54)57-49-26-13-9-22-44(49)46-35-40(30-31-51(46)57)55-47-24-11-7-20-42(47)43-21-8-12-25-48(43)55/h1-35,42,47H/i1D,2D,3D,4D,5D,6D,16D,17D,18D,19D,32D,33D,34D. The number of nitrogens with zero attached hydrogens (tertiary/aromatic N) is 3. The fourth-order valence-corrected chi connectivity index (χ4v) is 8.96. The Morgan fingerprint density at radius 3 is 1.82 bits per heavy atom. The molecule has 0 spiro atoms. The van der Waals surface area contributed by atoms with Gasteiger partial charge in [-0.05, 0) is 94.5 Å². The molecule has 57 heavy (non-hydrogen) atoms. The third kappa shape index (κ3) is 4.85. The van der Waals surface area contributed by atoms with Gasteiger partial charge in [-0.3, -0.25) is 0 Å². The Labute approximate surface area is 349 Å². The Balaban J connectivity index is 1.17. The molecule has 3 heteroatoms. The summed E-state index contributed by atoms with van der Waals surface area (Å²) >= 11 is 0. The van der Waals surface area contributed by atoms with Crippen LogP contribution in [0.25, 0.3) is 77.2 Å². The number of rotatable bonds is 5. The van der Waals surface area contributed by atoms with E-state index < -0.39 is 101 Å². The molecule has 0 saturated heterocycles. The van der Waals surface area contributed by atoms with E-state index in [1.165, 1.54) is 5.56 Å². The lowest BCUT2D eigenvalue weighted by Gasteiger charge is -2.28. The number of allylic oxidation sites excluding steroid dienone is 2. The SMILES string of the molecule is [2H]c1c([2H])c([2H])c(-c2c([2H])c(-c3c([2H])c([2H])c([2H])c([2H])c3[2H])c([2H])c(-n3c4ccccc4c4c(-n5c6ccccc6c6cc(N7c8ccccc8C8C=CC=CC87)ccc65)cccc43)c2[2H])c([2H])c1[2H]. The van der Waals surface area contributed by atoms with Gasteiger partial charge < -0.3 is 14.0 Å². The molecule has 12 rings (SSSR count). The van der Waals surface area contributed by atoms with Crippen molar-refractivity contribution in [2.45, 2.75) is 12.0 Å². The monoisotopic (exact) mass is 740 g/mol. The van der Waals surface area contributed by atoms with Gasteiger partial charge in [0, 0.05) is 44.5 Å². The second-order valence-corrected chi connectivity index (χ2v) is 14.3. The third-order valence-electron chi connectivity index (χ3n) is 11.3. The van der Waals surface area contributed by atoms with Crippen LogP contribution in [0.5, 0.6) is 0 Å². The van der Waals surface area contributed by atoms with Gasteiger partial charge in [-0.2, -0.15) is 0 Å². The first kappa shape index (κ1) is 21.7. The molecule has 2 unspecified atom stereocenters. The maximum absolute atomic E-state index is 9.96. The average molecular weight is 741 g/mol. The summed E-state index contributed by atoms with van der Waals surface area (Å²) in [4.78, 5) is 2.40. The van der Waals surface area contributed by atoms with Crippen molar-refractivity contribution in [1.82, 2.24) is 9.13 Å². The van der Waals surface area contributed by atoms with Crippen LogP contribution in [0.4, 0.5) is 11.4 Å². The molecule has 0 radical (unpaired) electrons. The Hall–Kier alpha value is -7.36. The quantitative estimate of drug-likeness (QED) is 0.171. The van der Waals surface area contributed by atoms with Gasteiger partial charge in [0.15, 0.2) is 0 Å². The van der Waals surface area contributed by atoms with Crippen LogP contribution < -0.4 is 4.90 Å². The third-order valence-corrected chi connectivity index (χ3v) is 11.3. The number of fused-ring (bicyclic) bond motifs is 9. The van der Waals surface area contributed by atoms with Crippen LogP contribution in [-0.4, -0.2) is 15.2 Å². The van der Waals surface area contributed by atoms with Gasteiger partial charge in [-0.25, -0.2) is 0 Å². The van der Waals surface area contributed by atoms with Crippen LogP contribution >= 0.6 is 0 Å². The maximum atomic E-state index is 9.96. The van der Waals surface area contributed by atoms with E-state index in [4.69, 9.17) is 13.7 Å². The van der Waals surface area contributed by atoms with Crippen molar-refractivity contribution in [1.29, 1.82) is 0 Å². The molecule has 3 nitrogen and oxygen atoms in total. The lowest BCUT2D eigenvalue weighted by atomic mass is 9.91. The van der Waals surface area contributed by atoms with E-state index in [-0.39, 0.29) is 17.6 Å². The van der Waals surface area contributed by atoms with Crippen LogP contribution in [0.3, 0.4) is 0 Å². The number of benzene rings is 8. The van der Waals surface area contributed by atoms with Crippen molar-refractivity contribution >= 4 is 55.0 Å². The van der Waals surface area contributed by atoms with Crippen LogP contribution in [0, 0.1) is 0 Å². The number of anilines is 2. The average Bonchev–Trinajstić information content (AvgIpc) is 4.01. The highest BCUT2D eigenvalue weighted by Gasteiger charge is 2.37. The molecular weight excluding hydrogens is 691 g/mol. The van der Waals surface area contributed by atoms with E-state index in [0.717, 1.165) is 49.6 Å². The smallest absolute Gasteiger partial charge is 0.0651 e. The lowest BCUT2D eigenvalue weighted by molar-refractivity contribution is 0.745. The summed E-state index contributed by atoms with van der Waals surface area (Å²) in [6, 6.07) is 27.6. The Morgan fingerprint density at radius 1 is 0.439 bits per heavy atom. The molecule has 10 aromatic rings. The van der Waals surface area contributed by atoms with Crippen molar-refractivity contribution in [2.24, 2.45) is 0 Å². The fraction of sp³-hybridized carbons (Fsp3) is 0.0370. The number of aromatic nitrogens is 2. The van der Waals surface area contributed by atoms with Gasteiger partial charge >= 0.3 is 0 Å². The molecule has 0 saturated carbocycles. The first-order valence-electron chi connectivity index (χ1n) is 25.3. The normalized spacial score (nSPS) is 19.1. The second kappa shape index (κ2) is 12.6. The highest BCUT2D eigenvalue weighted by atomic mass is 15.2. The molecule has 0 amide bonds. The highest BCUT2D eigenvalue weighted by Crippen LogP contribution is 2.49. The van der Waals surface area contributed by atoms with E-state index in [1.807, 2.05) is 48.5 Å². The molecule has 1 aliphatic carbocycles. The second-order valence-electron chi connectivity index (χ2n) is 14.3. The van der Waals surface area contributed by atoms with Crippen LogP contribution in [-0.2, 0) is 0 Å². The van der Waals surface area contributed by atoms with E-state index in [0.29, 0.717) is 11.0 Å². The van der Waals surface area contributed by atoms with Crippen molar-refractivity contribution in [2.75, 3.05) is 4.90 Å². The van der Waals surface area contributed by atoms with Crippen molar-refractivity contribution in [3.8, 4) is 33.6 Å². The summed E-state index contributed by atoms with van der Waals surface area (Å²) in [5.41, 5.74) is 5.00. The molecule has 268 valence electrons. The fourth-order valence-electron chi connectivity index (χ4n) is 8.96. The van der Waals surface area contributed by atoms with E-state index in [2.05, 4.69) is 88.4 Å². The molecule has 1 aliphatic heterocycles. The van der Waals surface area contributed by atoms with Gasteiger partial charge in [-0.1, -0.05) is 145 Å². The first-order valence-corrected chi connectivity index (χ1v) is 18.8. The molecule has 0 fully saturated rings. The molecule has 0 N–H and O–H groups in total. The first-order chi connectivity index (χ1) is 33.7. The summed E-state index contributed by atoms with van der Waals surface area (Å²) < 4.78 is 120. The zero-order valence-electron chi connectivity index (χ0n) is 43.2. The van der Waals surface area contributed by atoms with Gasteiger partial charge in [0.1, 0.15) is 0 Å². The zero-order chi connectivity index (χ0) is 48.8. The van der Waals surface area contributed by atoms with Crippen LogP contribution in [0.15, 0.2) is 212 Å². The molecule has 8 aromatic carbocycles. The molecule has 3 heterocycles. The summed E-state index contributed by atoms with van der Waals surface area (Å²) in [5, 5.41) is 3.48. The minimum Gasteiger partial charge on any atom is -0.333 e. The largest absolute Gasteiger partial charge is 0.333 e. The predicted molar refractivity (Wildman–Crippen MR) is 239 cm³/mol. The van der Waals surface area contributed by atoms with E-state index in [1.54, 1.807) is 10.6 Å². The molecule has 2 aromatic heterocycles.